The first kappa shape index (κ1) is 9.58. The number of benzene rings is 1. The highest BCUT2D eigenvalue weighted by Crippen LogP contribution is 2.16. The van der Waals surface area contributed by atoms with Crippen LogP contribution in [0, 0.1) is 6.92 Å². The minimum Gasteiger partial charge on any atom is -0.497 e. The first-order chi connectivity index (χ1) is 7.20. The molecule has 1 heterocycles. The van der Waals surface area contributed by atoms with Crippen molar-refractivity contribution in [3.63, 3.8) is 0 Å². The molecule has 1 aromatic carbocycles. The van der Waals surface area contributed by atoms with E-state index in [2.05, 4.69) is 5.10 Å². The van der Waals surface area contributed by atoms with Crippen molar-refractivity contribution in [2.24, 2.45) is 0 Å². The Morgan fingerprint density at radius 1 is 1.27 bits per heavy atom. The molecular formula is C11H13N3O. The first-order valence-corrected chi connectivity index (χ1v) is 4.67. The summed E-state index contributed by atoms with van der Waals surface area (Å²) in [6.45, 7) is 1.88. The number of nitrogens with two attached hydrogens (primary N) is 1. The Hall–Kier alpha value is -1.97. The molecule has 0 aliphatic rings. The monoisotopic (exact) mass is 203 g/mol. The van der Waals surface area contributed by atoms with Crippen molar-refractivity contribution in [3.8, 4) is 11.4 Å². The number of methoxy groups -OCH3 is 1. The molecule has 0 bridgehead atoms. The SMILES string of the molecule is COc1ccc(-n2cc(N)c(C)n2)cc1. The number of aromatic nitrogens is 2. The zero-order valence-electron chi connectivity index (χ0n) is 8.77. The molecule has 0 saturated heterocycles. The van der Waals surface area contributed by atoms with Crippen LogP contribution < -0.4 is 10.5 Å². The van der Waals surface area contributed by atoms with Crippen molar-refractivity contribution < 1.29 is 4.74 Å². The quantitative estimate of drug-likeness (QED) is 0.809. The predicted molar refractivity (Wildman–Crippen MR) is 59.3 cm³/mol. The number of nitrogens with zero attached hydrogens (tertiary/aromatic N) is 2. The Labute approximate surface area is 88.3 Å². The van der Waals surface area contributed by atoms with E-state index in [1.807, 2.05) is 31.2 Å². The van der Waals surface area contributed by atoms with Crippen LogP contribution in [0.3, 0.4) is 0 Å². The third kappa shape index (κ3) is 1.79. The van der Waals surface area contributed by atoms with Gasteiger partial charge in [-0.25, -0.2) is 4.68 Å². The van der Waals surface area contributed by atoms with Crippen molar-refractivity contribution in [3.05, 3.63) is 36.2 Å². The Balaban J connectivity index is 2.37. The molecule has 15 heavy (non-hydrogen) atoms. The summed E-state index contributed by atoms with van der Waals surface area (Å²) >= 11 is 0. The van der Waals surface area contributed by atoms with E-state index >= 15 is 0 Å². The van der Waals surface area contributed by atoms with E-state index in [1.165, 1.54) is 0 Å². The molecule has 0 saturated carbocycles. The summed E-state index contributed by atoms with van der Waals surface area (Å²) in [5.74, 6) is 0.829. The summed E-state index contributed by atoms with van der Waals surface area (Å²) in [6.07, 6.45) is 1.80. The van der Waals surface area contributed by atoms with Crippen LogP contribution in [-0.4, -0.2) is 16.9 Å². The lowest BCUT2D eigenvalue weighted by atomic mass is 10.3. The van der Waals surface area contributed by atoms with Crippen molar-refractivity contribution in [2.45, 2.75) is 6.92 Å². The third-order valence-corrected chi connectivity index (χ3v) is 2.27. The van der Waals surface area contributed by atoms with E-state index < -0.39 is 0 Å². The van der Waals surface area contributed by atoms with Gasteiger partial charge in [-0.3, -0.25) is 0 Å². The molecular weight excluding hydrogens is 190 g/mol. The highest BCUT2D eigenvalue weighted by Gasteiger charge is 2.02. The first-order valence-electron chi connectivity index (χ1n) is 4.67. The highest BCUT2D eigenvalue weighted by atomic mass is 16.5. The minimum atomic E-state index is 0.700. The third-order valence-electron chi connectivity index (χ3n) is 2.27. The second kappa shape index (κ2) is 3.65. The summed E-state index contributed by atoms with van der Waals surface area (Å²) in [6, 6.07) is 7.65. The lowest BCUT2D eigenvalue weighted by Crippen LogP contribution is -1.94. The fourth-order valence-corrected chi connectivity index (χ4v) is 1.34. The van der Waals surface area contributed by atoms with Crippen LogP contribution >= 0.6 is 0 Å². The molecule has 0 atom stereocenters. The second-order valence-electron chi connectivity index (χ2n) is 3.31. The number of nitrogen functional groups attached to an aromatic ring is 1. The molecule has 78 valence electrons. The molecule has 0 unspecified atom stereocenters. The number of anilines is 1. The van der Waals surface area contributed by atoms with Gasteiger partial charge in [0.25, 0.3) is 0 Å². The molecule has 2 aromatic rings. The molecule has 0 aliphatic heterocycles. The van der Waals surface area contributed by atoms with E-state index in [-0.39, 0.29) is 0 Å². The van der Waals surface area contributed by atoms with E-state index in [0.29, 0.717) is 5.69 Å². The van der Waals surface area contributed by atoms with Crippen LogP contribution in [0.1, 0.15) is 5.69 Å². The Morgan fingerprint density at radius 2 is 1.93 bits per heavy atom. The van der Waals surface area contributed by atoms with Crippen LogP contribution in [0.15, 0.2) is 30.5 Å². The Morgan fingerprint density at radius 3 is 2.40 bits per heavy atom. The van der Waals surface area contributed by atoms with Gasteiger partial charge in [0.1, 0.15) is 5.75 Å². The number of aryl methyl sites for hydroxylation is 1. The smallest absolute Gasteiger partial charge is 0.119 e. The van der Waals surface area contributed by atoms with Crippen LogP contribution in [0.2, 0.25) is 0 Å². The average Bonchev–Trinajstić information content (AvgIpc) is 2.59. The molecule has 4 heteroatoms. The fourth-order valence-electron chi connectivity index (χ4n) is 1.34. The summed E-state index contributed by atoms with van der Waals surface area (Å²) in [5, 5.41) is 4.29. The van der Waals surface area contributed by atoms with Gasteiger partial charge in [0.15, 0.2) is 0 Å². The molecule has 2 N–H and O–H groups in total. The summed E-state index contributed by atoms with van der Waals surface area (Å²) in [7, 11) is 1.64. The van der Waals surface area contributed by atoms with Gasteiger partial charge in [0.2, 0.25) is 0 Å². The van der Waals surface area contributed by atoms with Crippen LogP contribution in [-0.2, 0) is 0 Å². The molecule has 4 nitrogen and oxygen atoms in total. The molecule has 1 aromatic heterocycles. The highest BCUT2D eigenvalue weighted by molar-refractivity contribution is 5.44. The van der Waals surface area contributed by atoms with Crippen LogP contribution in [0.5, 0.6) is 5.75 Å². The van der Waals surface area contributed by atoms with Crippen LogP contribution in [0.25, 0.3) is 5.69 Å². The number of ether oxygens (including phenoxy) is 1. The number of rotatable bonds is 2. The zero-order chi connectivity index (χ0) is 10.8. The second-order valence-corrected chi connectivity index (χ2v) is 3.31. The number of hydrogen-bond acceptors (Lipinski definition) is 3. The van der Waals surface area contributed by atoms with Gasteiger partial charge in [0, 0.05) is 0 Å². The topological polar surface area (TPSA) is 53.1 Å². The lowest BCUT2D eigenvalue weighted by molar-refractivity contribution is 0.414. The summed E-state index contributed by atoms with van der Waals surface area (Å²) in [4.78, 5) is 0. The fraction of sp³-hybridized carbons (Fsp3) is 0.182. The standard InChI is InChI=1S/C11H13N3O/c1-8-11(12)7-14(13-8)9-3-5-10(15-2)6-4-9/h3-7H,12H2,1-2H3. The summed E-state index contributed by atoms with van der Waals surface area (Å²) in [5.41, 5.74) is 8.23. The van der Waals surface area contributed by atoms with Gasteiger partial charge in [-0.15, -0.1) is 0 Å². The predicted octanol–water partition coefficient (Wildman–Crippen LogP) is 1.77. The van der Waals surface area contributed by atoms with E-state index in [9.17, 15) is 0 Å². The van der Waals surface area contributed by atoms with Crippen LogP contribution in [0.4, 0.5) is 5.69 Å². The maximum absolute atomic E-state index is 5.73. The average molecular weight is 203 g/mol. The van der Waals surface area contributed by atoms with Crippen molar-refractivity contribution in [1.29, 1.82) is 0 Å². The minimum absolute atomic E-state index is 0.700. The van der Waals surface area contributed by atoms with Gasteiger partial charge in [-0.1, -0.05) is 0 Å². The maximum atomic E-state index is 5.73. The summed E-state index contributed by atoms with van der Waals surface area (Å²) < 4.78 is 6.83. The van der Waals surface area contributed by atoms with E-state index in [1.54, 1.807) is 18.0 Å². The maximum Gasteiger partial charge on any atom is 0.119 e. The van der Waals surface area contributed by atoms with Gasteiger partial charge < -0.3 is 10.5 Å². The Bertz CT molecular complexity index is 440. The normalized spacial score (nSPS) is 10.3. The van der Waals surface area contributed by atoms with Crippen molar-refractivity contribution in [1.82, 2.24) is 9.78 Å². The van der Waals surface area contributed by atoms with E-state index in [4.69, 9.17) is 10.5 Å². The van der Waals surface area contributed by atoms with Crippen molar-refractivity contribution in [2.75, 3.05) is 12.8 Å². The lowest BCUT2D eigenvalue weighted by Gasteiger charge is -2.02. The molecule has 0 spiro atoms. The molecule has 0 radical (unpaired) electrons. The number of hydrogen-bond donors (Lipinski definition) is 1. The molecule has 0 amide bonds. The zero-order valence-corrected chi connectivity index (χ0v) is 8.77. The van der Waals surface area contributed by atoms with Gasteiger partial charge >= 0.3 is 0 Å². The van der Waals surface area contributed by atoms with Gasteiger partial charge in [-0.05, 0) is 31.2 Å². The Kier molecular flexibility index (Phi) is 2.33. The molecule has 0 fully saturated rings. The van der Waals surface area contributed by atoms with Crippen molar-refractivity contribution >= 4 is 5.69 Å². The van der Waals surface area contributed by atoms with Gasteiger partial charge in [0.05, 0.1) is 30.4 Å². The molecule has 2 rings (SSSR count). The largest absolute Gasteiger partial charge is 0.497 e. The van der Waals surface area contributed by atoms with Gasteiger partial charge in [-0.2, -0.15) is 5.10 Å². The molecule has 0 aliphatic carbocycles. The van der Waals surface area contributed by atoms with E-state index in [0.717, 1.165) is 17.1 Å².